The van der Waals surface area contributed by atoms with E-state index in [9.17, 15) is 14.4 Å². The lowest BCUT2D eigenvalue weighted by Crippen LogP contribution is -2.40. The van der Waals surface area contributed by atoms with Crippen LogP contribution in [0.3, 0.4) is 0 Å². The van der Waals surface area contributed by atoms with Crippen LogP contribution < -0.4 is 19.7 Å². The van der Waals surface area contributed by atoms with Crippen molar-refractivity contribution in [2.24, 2.45) is 35.5 Å². The van der Waals surface area contributed by atoms with Crippen LogP contribution in [0.5, 0.6) is 11.5 Å². The molecule has 0 spiro atoms. The SMILES string of the molecule is COc1ccc(OC)c(NC(=O)c2cccc(N3C(=O)[C@@H]4[C@@H]5C=C[C@H]([C@H]6C[C@H]56)[C@@H]4C3=O)c2)c1. The van der Waals surface area contributed by atoms with Crippen molar-refractivity contribution in [1.29, 1.82) is 0 Å². The van der Waals surface area contributed by atoms with Gasteiger partial charge < -0.3 is 14.8 Å². The molecule has 1 saturated heterocycles. The standard InChI is InChI=1S/C26H24N2O5/c1-32-15-6-9-21(33-2)20(11-15)27-24(29)13-4-3-5-14(10-13)28-25(30)22-16-7-8-17(19-12-18(16)19)23(22)26(28)31/h3-11,16-19,22-23H,12H2,1-2H3,(H,27,29)/t16-,17-,18-,19-,22-,23+/m1/s1. The summed E-state index contributed by atoms with van der Waals surface area (Å²) in [6.45, 7) is 0. The molecule has 7 heteroatoms. The van der Waals surface area contributed by atoms with Crippen molar-refractivity contribution >= 4 is 29.1 Å². The number of nitrogens with one attached hydrogen (secondary N) is 1. The van der Waals surface area contributed by atoms with Gasteiger partial charge >= 0.3 is 0 Å². The van der Waals surface area contributed by atoms with E-state index >= 15 is 0 Å². The average Bonchev–Trinajstić information content (AvgIpc) is 3.62. The molecule has 6 atom stereocenters. The largest absolute Gasteiger partial charge is 0.497 e. The number of hydrogen-bond acceptors (Lipinski definition) is 5. The summed E-state index contributed by atoms with van der Waals surface area (Å²) in [6.07, 6.45) is 5.43. The number of ether oxygens (including phenoxy) is 2. The fourth-order valence-electron chi connectivity index (χ4n) is 6.10. The van der Waals surface area contributed by atoms with Gasteiger partial charge in [-0.25, -0.2) is 4.90 Å². The summed E-state index contributed by atoms with van der Waals surface area (Å²) in [7, 11) is 3.07. The van der Waals surface area contributed by atoms with E-state index < -0.39 is 0 Å². The smallest absolute Gasteiger partial charge is 0.255 e. The maximum atomic E-state index is 13.4. The molecule has 7 rings (SSSR count). The minimum Gasteiger partial charge on any atom is -0.497 e. The van der Waals surface area contributed by atoms with E-state index in [1.54, 1.807) is 49.6 Å². The Labute approximate surface area is 191 Å². The summed E-state index contributed by atoms with van der Waals surface area (Å²) in [5, 5.41) is 2.84. The summed E-state index contributed by atoms with van der Waals surface area (Å²) >= 11 is 0. The fraction of sp³-hybridized carbons (Fsp3) is 0.346. The zero-order chi connectivity index (χ0) is 22.9. The molecule has 0 radical (unpaired) electrons. The minimum absolute atomic E-state index is 0.137. The molecule has 2 bridgehead atoms. The molecule has 0 aromatic heterocycles. The van der Waals surface area contributed by atoms with Crippen molar-refractivity contribution in [3.8, 4) is 11.5 Å². The molecule has 2 aromatic carbocycles. The maximum absolute atomic E-state index is 13.4. The number of anilines is 2. The predicted octanol–water partition coefficient (Wildman–Crippen LogP) is 3.51. The van der Waals surface area contributed by atoms with Gasteiger partial charge in [0.2, 0.25) is 11.8 Å². The second kappa shape index (κ2) is 7.20. The number of allylic oxidation sites excluding steroid dienone is 2. The topological polar surface area (TPSA) is 84.9 Å². The number of carbonyl (C=O) groups excluding carboxylic acids is 3. The lowest BCUT2D eigenvalue weighted by atomic mass is 9.63. The number of carbonyl (C=O) groups is 3. The van der Waals surface area contributed by atoms with Crippen LogP contribution in [0.2, 0.25) is 0 Å². The number of amides is 3. The van der Waals surface area contributed by atoms with Crippen LogP contribution in [0.25, 0.3) is 0 Å². The first-order valence-corrected chi connectivity index (χ1v) is 11.2. The molecule has 33 heavy (non-hydrogen) atoms. The van der Waals surface area contributed by atoms with Crippen molar-refractivity contribution < 1.29 is 23.9 Å². The molecule has 1 aliphatic heterocycles. The molecule has 2 saturated carbocycles. The van der Waals surface area contributed by atoms with Gasteiger partial charge in [-0.3, -0.25) is 14.4 Å². The summed E-state index contributed by atoms with van der Waals surface area (Å²) < 4.78 is 10.6. The molecule has 168 valence electrons. The van der Waals surface area contributed by atoms with Gasteiger partial charge in [-0.05, 0) is 60.4 Å². The Balaban J connectivity index is 1.28. The Morgan fingerprint density at radius 2 is 1.64 bits per heavy atom. The Morgan fingerprint density at radius 1 is 0.939 bits per heavy atom. The fourth-order valence-corrected chi connectivity index (χ4v) is 6.10. The summed E-state index contributed by atoms with van der Waals surface area (Å²) in [6, 6.07) is 11.8. The third-order valence-electron chi connectivity index (χ3n) is 7.68. The van der Waals surface area contributed by atoms with Crippen LogP contribution in [0.15, 0.2) is 54.6 Å². The highest BCUT2D eigenvalue weighted by atomic mass is 16.5. The Bertz CT molecular complexity index is 1180. The molecule has 3 amide bonds. The van der Waals surface area contributed by atoms with Gasteiger partial charge in [-0.1, -0.05) is 18.2 Å². The van der Waals surface area contributed by atoms with Crippen LogP contribution in [0, 0.1) is 35.5 Å². The number of imide groups is 1. The van der Waals surface area contributed by atoms with Crippen molar-refractivity contribution in [2.75, 3.05) is 24.4 Å². The maximum Gasteiger partial charge on any atom is 0.255 e. The van der Waals surface area contributed by atoms with Gasteiger partial charge in [0.15, 0.2) is 0 Å². The van der Waals surface area contributed by atoms with Gasteiger partial charge in [0.05, 0.1) is 37.4 Å². The molecule has 5 aliphatic rings. The highest BCUT2D eigenvalue weighted by molar-refractivity contribution is 6.23. The first-order valence-electron chi connectivity index (χ1n) is 11.2. The van der Waals surface area contributed by atoms with Gasteiger partial charge in [0.25, 0.3) is 5.91 Å². The van der Waals surface area contributed by atoms with Crippen LogP contribution in [-0.2, 0) is 9.59 Å². The third-order valence-corrected chi connectivity index (χ3v) is 7.68. The summed E-state index contributed by atoms with van der Waals surface area (Å²) in [5.41, 5.74) is 1.25. The quantitative estimate of drug-likeness (QED) is 0.564. The van der Waals surface area contributed by atoms with Crippen molar-refractivity contribution in [3.05, 3.63) is 60.2 Å². The lowest BCUT2D eigenvalue weighted by Gasteiger charge is -2.37. The molecular formula is C26H24N2O5. The van der Waals surface area contributed by atoms with Gasteiger partial charge in [-0.15, -0.1) is 0 Å². The Kier molecular flexibility index (Phi) is 4.37. The highest BCUT2D eigenvalue weighted by Gasteiger charge is 2.67. The zero-order valence-corrected chi connectivity index (χ0v) is 18.4. The number of rotatable bonds is 5. The molecule has 4 aliphatic carbocycles. The van der Waals surface area contributed by atoms with Crippen LogP contribution in [0.4, 0.5) is 11.4 Å². The molecule has 1 N–H and O–H groups in total. The normalized spacial score (nSPS) is 30.7. The van der Waals surface area contributed by atoms with Gasteiger partial charge in [-0.2, -0.15) is 0 Å². The van der Waals surface area contributed by atoms with E-state index in [1.807, 2.05) is 0 Å². The van der Waals surface area contributed by atoms with E-state index in [1.165, 1.54) is 12.0 Å². The van der Waals surface area contributed by atoms with Crippen molar-refractivity contribution in [2.45, 2.75) is 6.42 Å². The number of methoxy groups -OCH3 is 2. The first-order chi connectivity index (χ1) is 16.0. The molecule has 0 unspecified atom stereocenters. The summed E-state index contributed by atoms with van der Waals surface area (Å²) in [5.74, 6) is 1.32. The van der Waals surface area contributed by atoms with Crippen LogP contribution in [-0.4, -0.2) is 31.9 Å². The van der Waals surface area contributed by atoms with Gasteiger partial charge in [0, 0.05) is 11.6 Å². The highest BCUT2D eigenvalue weighted by Crippen LogP contribution is 2.65. The molecule has 2 aromatic rings. The van der Waals surface area contributed by atoms with E-state index in [4.69, 9.17) is 9.47 Å². The number of nitrogens with zero attached hydrogens (tertiary/aromatic N) is 1. The van der Waals surface area contributed by atoms with Gasteiger partial charge in [0.1, 0.15) is 11.5 Å². The monoisotopic (exact) mass is 444 g/mol. The molecule has 1 heterocycles. The number of hydrogen-bond donors (Lipinski definition) is 1. The Hall–Kier alpha value is -3.61. The average molecular weight is 444 g/mol. The minimum atomic E-state index is -0.372. The molecule has 3 fully saturated rings. The van der Waals surface area contributed by atoms with Crippen molar-refractivity contribution in [3.63, 3.8) is 0 Å². The van der Waals surface area contributed by atoms with Crippen LogP contribution >= 0.6 is 0 Å². The van der Waals surface area contributed by atoms with E-state index in [2.05, 4.69) is 17.5 Å². The third kappa shape index (κ3) is 2.91. The van der Waals surface area contributed by atoms with Crippen LogP contribution in [0.1, 0.15) is 16.8 Å². The molecule has 7 nitrogen and oxygen atoms in total. The second-order valence-corrected chi connectivity index (χ2v) is 9.24. The van der Waals surface area contributed by atoms with E-state index in [0.717, 1.165) is 6.42 Å². The second-order valence-electron chi connectivity index (χ2n) is 9.24. The van der Waals surface area contributed by atoms with E-state index in [-0.39, 0.29) is 41.4 Å². The zero-order valence-electron chi connectivity index (χ0n) is 18.4. The predicted molar refractivity (Wildman–Crippen MR) is 121 cm³/mol. The van der Waals surface area contributed by atoms with E-state index in [0.29, 0.717) is 40.3 Å². The Morgan fingerprint density at radius 3 is 2.27 bits per heavy atom. The summed E-state index contributed by atoms with van der Waals surface area (Å²) in [4.78, 5) is 41.1. The number of benzene rings is 2. The lowest BCUT2D eigenvalue weighted by molar-refractivity contribution is -0.124. The first kappa shape index (κ1) is 20.0. The van der Waals surface area contributed by atoms with Crippen molar-refractivity contribution in [1.82, 2.24) is 0 Å². The molecular weight excluding hydrogens is 420 g/mol.